The summed E-state index contributed by atoms with van der Waals surface area (Å²) in [4.78, 5) is 14.1. The van der Waals surface area contributed by atoms with E-state index >= 15 is 0 Å². The van der Waals surface area contributed by atoms with Crippen LogP contribution in [0.5, 0.6) is 11.5 Å². The van der Waals surface area contributed by atoms with Crippen molar-refractivity contribution in [3.05, 3.63) is 60.7 Å². The summed E-state index contributed by atoms with van der Waals surface area (Å²) in [5.41, 5.74) is 2.12. The molecule has 0 N–H and O–H groups in total. The van der Waals surface area contributed by atoms with E-state index in [-0.39, 0.29) is 12.5 Å². The molecular weight excluding hydrogens is 354 g/mol. The van der Waals surface area contributed by atoms with E-state index in [1.807, 2.05) is 42.5 Å². The lowest BCUT2D eigenvalue weighted by Gasteiger charge is -2.26. The van der Waals surface area contributed by atoms with Crippen molar-refractivity contribution in [2.45, 2.75) is 0 Å². The normalized spacial score (nSPS) is 14.1. The standard InChI is InChI=1S/C23H23NO4/c1-26-22-5-3-2-4-21(22)18-7-6-17-8-9-20(15-19(17)14-18)28-16-23(25)24-10-12-27-13-11-24/h2-9,14-15H,10-13,16H2,1H3. The number of methoxy groups -OCH3 is 1. The number of fused-ring (bicyclic) bond motifs is 1. The molecule has 0 spiro atoms. The molecule has 3 aromatic rings. The molecule has 5 nitrogen and oxygen atoms in total. The van der Waals surface area contributed by atoms with Gasteiger partial charge in [0.2, 0.25) is 0 Å². The van der Waals surface area contributed by atoms with Gasteiger partial charge in [-0.05, 0) is 40.6 Å². The Hall–Kier alpha value is -3.05. The third kappa shape index (κ3) is 3.94. The van der Waals surface area contributed by atoms with E-state index in [9.17, 15) is 4.79 Å². The molecule has 0 aromatic heterocycles. The highest BCUT2D eigenvalue weighted by molar-refractivity contribution is 5.89. The highest BCUT2D eigenvalue weighted by atomic mass is 16.5. The van der Waals surface area contributed by atoms with Gasteiger partial charge in [-0.2, -0.15) is 0 Å². The van der Waals surface area contributed by atoms with E-state index < -0.39 is 0 Å². The predicted octanol–water partition coefficient (Wildman–Crippen LogP) is 3.75. The second kappa shape index (κ2) is 8.31. The van der Waals surface area contributed by atoms with E-state index in [4.69, 9.17) is 14.2 Å². The molecule has 1 heterocycles. The summed E-state index contributed by atoms with van der Waals surface area (Å²) in [6.07, 6.45) is 0. The van der Waals surface area contributed by atoms with Crippen LogP contribution in [0.25, 0.3) is 21.9 Å². The van der Waals surface area contributed by atoms with E-state index in [1.165, 1.54) is 0 Å². The maximum atomic E-state index is 12.3. The Balaban J connectivity index is 1.53. The molecule has 0 unspecified atom stereocenters. The molecule has 28 heavy (non-hydrogen) atoms. The zero-order valence-corrected chi connectivity index (χ0v) is 15.9. The molecule has 1 aliphatic heterocycles. The molecule has 0 bridgehead atoms. The van der Waals surface area contributed by atoms with Crippen molar-refractivity contribution in [3.63, 3.8) is 0 Å². The van der Waals surface area contributed by atoms with Crippen LogP contribution in [0.1, 0.15) is 0 Å². The average Bonchev–Trinajstić information content (AvgIpc) is 2.77. The predicted molar refractivity (Wildman–Crippen MR) is 109 cm³/mol. The lowest BCUT2D eigenvalue weighted by molar-refractivity contribution is -0.137. The van der Waals surface area contributed by atoms with Gasteiger partial charge in [-0.1, -0.05) is 36.4 Å². The first-order valence-electron chi connectivity index (χ1n) is 9.40. The molecule has 1 aliphatic rings. The second-order valence-corrected chi connectivity index (χ2v) is 6.71. The third-order valence-electron chi connectivity index (χ3n) is 4.96. The van der Waals surface area contributed by atoms with Crippen molar-refractivity contribution in [2.75, 3.05) is 40.0 Å². The van der Waals surface area contributed by atoms with Gasteiger partial charge in [0.1, 0.15) is 11.5 Å². The Kier molecular flexibility index (Phi) is 5.44. The summed E-state index contributed by atoms with van der Waals surface area (Å²) in [7, 11) is 1.68. The van der Waals surface area contributed by atoms with Crippen LogP contribution in [-0.4, -0.2) is 50.8 Å². The van der Waals surface area contributed by atoms with Crippen molar-refractivity contribution < 1.29 is 19.0 Å². The van der Waals surface area contributed by atoms with Gasteiger partial charge < -0.3 is 19.1 Å². The zero-order valence-electron chi connectivity index (χ0n) is 15.9. The molecule has 1 amide bonds. The summed E-state index contributed by atoms with van der Waals surface area (Å²) in [6, 6.07) is 20.1. The fourth-order valence-electron chi connectivity index (χ4n) is 3.41. The number of hydrogen-bond donors (Lipinski definition) is 0. The Morgan fingerprint density at radius 1 is 1.00 bits per heavy atom. The van der Waals surface area contributed by atoms with Gasteiger partial charge in [0.25, 0.3) is 5.91 Å². The van der Waals surface area contributed by atoms with Gasteiger partial charge in [-0.3, -0.25) is 4.79 Å². The number of para-hydroxylation sites is 1. The molecular formula is C23H23NO4. The van der Waals surface area contributed by atoms with Crippen LogP contribution in [0, 0.1) is 0 Å². The van der Waals surface area contributed by atoms with Crippen LogP contribution in [-0.2, 0) is 9.53 Å². The van der Waals surface area contributed by atoms with E-state index in [1.54, 1.807) is 12.0 Å². The number of ether oxygens (including phenoxy) is 3. The largest absolute Gasteiger partial charge is 0.496 e. The van der Waals surface area contributed by atoms with Gasteiger partial charge >= 0.3 is 0 Å². The number of carbonyl (C=O) groups is 1. The lowest BCUT2D eigenvalue weighted by Crippen LogP contribution is -2.42. The minimum Gasteiger partial charge on any atom is -0.496 e. The number of hydrogen-bond acceptors (Lipinski definition) is 4. The maximum absolute atomic E-state index is 12.3. The van der Waals surface area contributed by atoms with E-state index in [0.717, 1.165) is 27.6 Å². The zero-order chi connectivity index (χ0) is 19.3. The summed E-state index contributed by atoms with van der Waals surface area (Å²) >= 11 is 0. The van der Waals surface area contributed by atoms with Gasteiger partial charge in [-0.15, -0.1) is 0 Å². The molecule has 0 saturated carbocycles. The highest BCUT2D eigenvalue weighted by Crippen LogP contribution is 2.32. The summed E-state index contributed by atoms with van der Waals surface area (Å²) < 4.78 is 16.5. The molecule has 4 rings (SSSR count). The van der Waals surface area contributed by atoms with Crippen LogP contribution < -0.4 is 9.47 Å². The monoisotopic (exact) mass is 377 g/mol. The quantitative estimate of drug-likeness (QED) is 0.679. The van der Waals surface area contributed by atoms with Crippen molar-refractivity contribution in [1.82, 2.24) is 4.90 Å². The lowest BCUT2D eigenvalue weighted by atomic mass is 10.0. The number of rotatable bonds is 5. The van der Waals surface area contributed by atoms with Crippen LogP contribution >= 0.6 is 0 Å². The summed E-state index contributed by atoms with van der Waals surface area (Å²) in [6.45, 7) is 2.48. The molecule has 144 valence electrons. The molecule has 1 saturated heterocycles. The Labute approximate surface area is 164 Å². The number of benzene rings is 3. The first kappa shape index (κ1) is 18.3. The van der Waals surface area contributed by atoms with Crippen molar-refractivity contribution in [1.29, 1.82) is 0 Å². The fourth-order valence-corrected chi connectivity index (χ4v) is 3.41. The van der Waals surface area contributed by atoms with Gasteiger partial charge in [-0.25, -0.2) is 0 Å². The number of carbonyl (C=O) groups excluding carboxylic acids is 1. The average molecular weight is 377 g/mol. The Bertz CT molecular complexity index is 979. The topological polar surface area (TPSA) is 48.0 Å². The maximum Gasteiger partial charge on any atom is 0.260 e. The van der Waals surface area contributed by atoms with Gasteiger partial charge in [0.05, 0.1) is 20.3 Å². The summed E-state index contributed by atoms with van der Waals surface area (Å²) in [5, 5.41) is 2.17. The molecule has 1 fully saturated rings. The fraction of sp³-hybridized carbons (Fsp3) is 0.261. The van der Waals surface area contributed by atoms with Crippen LogP contribution in [0.4, 0.5) is 0 Å². The van der Waals surface area contributed by atoms with Gasteiger partial charge in [0.15, 0.2) is 6.61 Å². The molecule has 0 aliphatic carbocycles. The van der Waals surface area contributed by atoms with Crippen molar-refractivity contribution in [3.8, 4) is 22.6 Å². The number of nitrogens with zero attached hydrogens (tertiary/aromatic N) is 1. The molecule has 5 heteroatoms. The van der Waals surface area contributed by atoms with Crippen molar-refractivity contribution >= 4 is 16.7 Å². The summed E-state index contributed by atoms with van der Waals surface area (Å²) in [5.74, 6) is 1.52. The number of morpholine rings is 1. The van der Waals surface area contributed by atoms with Crippen LogP contribution in [0.3, 0.4) is 0 Å². The second-order valence-electron chi connectivity index (χ2n) is 6.71. The molecule has 0 atom stereocenters. The van der Waals surface area contributed by atoms with Crippen LogP contribution in [0.2, 0.25) is 0 Å². The molecule has 3 aromatic carbocycles. The smallest absolute Gasteiger partial charge is 0.260 e. The van der Waals surface area contributed by atoms with E-state index in [2.05, 4.69) is 18.2 Å². The SMILES string of the molecule is COc1ccccc1-c1ccc2ccc(OCC(=O)N3CCOCC3)cc2c1. The first-order chi connectivity index (χ1) is 13.7. The van der Waals surface area contributed by atoms with Gasteiger partial charge in [0, 0.05) is 18.7 Å². The Morgan fingerprint density at radius 2 is 1.79 bits per heavy atom. The van der Waals surface area contributed by atoms with E-state index in [0.29, 0.717) is 32.1 Å². The Morgan fingerprint density at radius 3 is 2.61 bits per heavy atom. The molecule has 0 radical (unpaired) electrons. The van der Waals surface area contributed by atoms with Crippen LogP contribution in [0.15, 0.2) is 60.7 Å². The minimum atomic E-state index is -0.00818. The first-order valence-corrected chi connectivity index (χ1v) is 9.40. The minimum absolute atomic E-state index is 0.00818. The van der Waals surface area contributed by atoms with Crippen molar-refractivity contribution in [2.24, 2.45) is 0 Å². The highest BCUT2D eigenvalue weighted by Gasteiger charge is 2.17. The number of amides is 1. The third-order valence-corrected chi connectivity index (χ3v) is 4.96.